The summed E-state index contributed by atoms with van der Waals surface area (Å²) < 4.78 is 5.84. The third kappa shape index (κ3) is 4.59. The molecule has 0 bridgehead atoms. The minimum Gasteiger partial charge on any atom is -0.493 e. The number of amidine groups is 1. The summed E-state index contributed by atoms with van der Waals surface area (Å²) in [4.78, 5) is 11.0. The van der Waals surface area contributed by atoms with Gasteiger partial charge in [0.25, 0.3) is 0 Å². The second-order valence-corrected chi connectivity index (χ2v) is 6.14. The summed E-state index contributed by atoms with van der Waals surface area (Å²) >= 11 is 1.36. The number of benzene rings is 1. The number of thioether (sulfide) groups is 1. The molecular weight excluding hydrogens is 298 g/mol. The molecule has 1 aliphatic heterocycles. The fourth-order valence-corrected chi connectivity index (χ4v) is 2.76. The molecule has 0 unspecified atom stereocenters. The molecule has 5 nitrogen and oxygen atoms in total. The summed E-state index contributed by atoms with van der Waals surface area (Å²) in [5, 5.41) is 11.2. The lowest BCUT2D eigenvalue weighted by molar-refractivity contribution is -0.116. The highest BCUT2D eigenvalue weighted by atomic mass is 32.2. The molecule has 1 aliphatic rings. The van der Waals surface area contributed by atoms with E-state index in [1.54, 1.807) is 6.21 Å². The van der Waals surface area contributed by atoms with Crippen LogP contribution in [0.25, 0.3) is 0 Å². The van der Waals surface area contributed by atoms with Gasteiger partial charge < -0.3 is 10.1 Å². The van der Waals surface area contributed by atoms with Crippen molar-refractivity contribution in [2.45, 2.75) is 33.6 Å². The maximum atomic E-state index is 11.0. The number of carbonyl (C=O) groups excluding carboxylic acids is 1. The maximum Gasteiger partial charge on any atom is 0.236 e. The average Bonchev–Trinajstić information content (AvgIpc) is 2.87. The average molecular weight is 319 g/mol. The van der Waals surface area contributed by atoms with Gasteiger partial charge in [-0.25, -0.2) is 0 Å². The third-order valence-corrected chi connectivity index (χ3v) is 4.03. The molecule has 6 heteroatoms. The lowest BCUT2D eigenvalue weighted by Gasteiger charge is -2.12. The normalized spacial score (nSPS) is 16.5. The van der Waals surface area contributed by atoms with Crippen LogP contribution in [0.15, 0.2) is 22.3 Å². The first-order chi connectivity index (χ1) is 10.6. The highest BCUT2D eigenvalue weighted by Gasteiger charge is 2.15. The highest BCUT2D eigenvalue weighted by Crippen LogP contribution is 2.24. The van der Waals surface area contributed by atoms with Gasteiger partial charge >= 0.3 is 0 Å². The van der Waals surface area contributed by atoms with Gasteiger partial charge in [0, 0.05) is 0 Å². The molecule has 22 heavy (non-hydrogen) atoms. The Labute approximate surface area is 135 Å². The van der Waals surface area contributed by atoms with Gasteiger partial charge in [-0.15, -0.1) is 5.10 Å². The zero-order valence-corrected chi connectivity index (χ0v) is 14.0. The number of nitrogens with zero attached hydrogens (tertiary/aromatic N) is 2. The summed E-state index contributed by atoms with van der Waals surface area (Å²) in [6.07, 6.45) is 3.87. The predicted octanol–water partition coefficient (Wildman–Crippen LogP) is 3.04. The van der Waals surface area contributed by atoms with Crippen LogP contribution < -0.4 is 10.1 Å². The SMILES string of the molecule is CCCCOc1c(C)cc(C=NN=C2NC(=O)CS2)cc1C. The fourth-order valence-electron chi connectivity index (χ4n) is 2.13. The van der Waals surface area contributed by atoms with E-state index in [2.05, 4.69) is 22.4 Å². The van der Waals surface area contributed by atoms with Crippen molar-refractivity contribution in [1.82, 2.24) is 5.32 Å². The van der Waals surface area contributed by atoms with Crippen molar-refractivity contribution in [2.75, 3.05) is 12.4 Å². The van der Waals surface area contributed by atoms with Crippen LogP contribution in [0.3, 0.4) is 0 Å². The van der Waals surface area contributed by atoms with Crippen LogP contribution in [-0.4, -0.2) is 29.6 Å². The minimum absolute atomic E-state index is 0.0285. The molecule has 0 aliphatic carbocycles. The number of hydrogen-bond acceptors (Lipinski definition) is 5. The van der Waals surface area contributed by atoms with Crippen molar-refractivity contribution in [3.63, 3.8) is 0 Å². The Bertz CT molecular complexity index is 588. The minimum atomic E-state index is -0.0285. The first-order valence-corrected chi connectivity index (χ1v) is 8.36. The Kier molecular flexibility index (Phi) is 6.00. The van der Waals surface area contributed by atoms with E-state index in [0.29, 0.717) is 10.9 Å². The molecule has 0 aromatic heterocycles. The van der Waals surface area contributed by atoms with Crippen LogP contribution in [0.5, 0.6) is 5.75 Å². The van der Waals surface area contributed by atoms with E-state index >= 15 is 0 Å². The van der Waals surface area contributed by atoms with Crippen LogP contribution in [0.1, 0.15) is 36.5 Å². The zero-order valence-electron chi connectivity index (χ0n) is 13.2. The van der Waals surface area contributed by atoms with E-state index in [1.807, 2.05) is 26.0 Å². The number of ether oxygens (including phenoxy) is 1. The van der Waals surface area contributed by atoms with Gasteiger partial charge in [0.2, 0.25) is 5.91 Å². The molecule has 1 amide bonds. The highest BCUT2D eigenvalue weighted by molar-refractivity contribution is 8.15. The number of rotatable bonds is 6. The quantitative estimate of drug-likeness (QED) is 0.498. The van der Waals surface area contributed by atoms with Gasteiger partial charge in [0.15, 0.2) is 5.17 Å². The van der Waals surface area contributed by atoms with Crippen molar-refractivity contribution < 1.29 is 9.53 Å². The molecule has 118 valence electrons. The predicted molar refractivity (Wildman–Crippen MR) is 91.9 cm³/mol. The molecule has 1 fully saturated rings. The van der Waals surface area contributed by atoms with Crippen molar-refractivity contribution in [1.29, 1.82) is 0 Å². The molecule has 2 rings (SSSR count). The van der Waals surface area contributed by atoms with Crippen LogP contribution in [0.4, 0.5) is 0 Å². The first kappa shape index (κ1) is 16.5. The van der Waals surface area contributed by atoms with E-state index in [1.165, 1.54) is 11.8 Å². The summed E-state index contributed by atoms with van der Waals surface area (Å²) in [5.41, 5.74) is 3.15. The second-order valence-electron chi connectivity index (χ2n) is 5.17. The summed E-state index contributed by atoms with van der Waals surface area (Å²) in [6, 6.07) is 4.05. The monoisotopic (exact) mass is 319 g/mol. The molecule has 1 aromatic rings. The van der Waals surface area contributed by atoms with Crippen molar-refractivity contribution in [3.8, 4) is 5.75 Å². The molecule has 1 aromatic carbocycles. The third-order valence-electron chi connectivity index (χ3n) is 3.17. The van der Waals surface area contributed by atoms with Crippen LogP contribution in [0.2, 0.25) is 0 Å². The van der Waals surface area contributed by atoms with Crippen LogP contribution >= 0.6 is 11.8 Å². The van der Waals surface area contributed by atoms with Gasteiger partial charge in [-0.1, -0.05) is 25.1 Å². The summed E-state index contributed by atoms with van der Waals surface area (Å²) in [6.45, 7) is 6.96. The Balaban J connectivity index is 2.04. The summed E-state index contributed by atoms with van der Waals surface area (Å²) in [7, 11) is 0. The smallest absolute Gasteiger partial charge is 0.236 e. The van der Waals surface area contributed by atoms with Crippen molar-refractivity contribution in [2.24, 2.45) is 10.2 Å². The zero-order chi connectivity index (χ0) is 15.9. The van der Waals surface area contributed by atoms with E-state index in [4.69, 9.17) is 4.74 Å². The molecule has 0 saturated carbocycles. The second kappa shape index (κ2) is 7.98. The molecule has 1 N–H and O–H groups in total. The van der Waals surface area contributed by atoms with Crippen molar-refractivity contribution >= 4 is 29.1 Å². The topological polar surface area (TPSA) is 63.1 Å². The lowest BCUT2D eigenvalue weighted by Crippen LogP contribution is -2.19. The maximum absolute atomic E-state index is 11.0. The van der Waals surface area contributed by atoms with Crippen LogP contribution in [0, 0.1) is 13.8 Å². The Morgan fingerprint density at radius 1 is 1.36 bits per heavy atom. The lowest BCUT2D eigenvalue weighted by atomic mass is 10.1. The molecular formula is C16H21N3O2S. The Morgan fingerprint density at radius 2 is 2.09 bits per heavy atom. The van der Waals surface area contributed by atoms with E-state index in [9.17, 15) is 4.79 Å². The van der Waals surface area contributed by atoms with Gasteiger partial charge in [-0.3, -0.25) is 4.79 Å². The first-order valence-electron chi connectivity index (χ1n) is 7.38. The number of unbranched alkanes of at least 4 members (excludes halogenated alkanes) is 1. The number of aryl methyl sites for hydroxylation is 2. The molecule has 0 radical (unpaired) electrons. The number of carbonyl (C=O) groups is 1. The van der Waals surface area contributed by atoms with Gasteiger partial charge in [0.05, 0.1) is 18.6 Å². The van der Waals surface area contributed by atoms with E-state index in [0.717, 1.165) is 41.9 Å². The molecule has 1 saturated heterocycles. The molecule has 0 spiro atoms. The largest absolute Gasteiger partial charge is 0.493 e. The number of hydrogen-bond donors (Lipinski definition) is 1. The Hall–Kier alpha value is -1.82. The van der Waals surface area contributed by atoms with Gasteiger partial charge in [0.1, 0.15) is 5.75 Å². The van der Waals surface area contributed by atoms with E-state index in [-0.39, 0.29) is 5.91 Å². The Morgan fingerprint density at radius 3 is 2.68 bits per heavy atom. The van der Waals surface area contributed by atoms with Gasteiger partial charge in [-0.2, -0.15) is 5.10 Å². The number of nitrogens with one attached hydrogen (secondary N) is 1. The van der Waals surface area contributed by atoms with Crippen molar-refractivity contribution in [3.05, 3.63) is 28.8 Å². The van der Waals surface area contributed by atoms with E-state index < -0.39 is 0 Å². The standard InChI is InChI=1S/C16H21N3O2S/c1-4-5-6-21-15-11(2)7-13(8-12(15)3)9-17-19-16-18-14(20)10-22-16/h7-9H,4-6,10H2,1-3H3,(H,18,19,20). The fraction of sp³-hybridized carbons (Fsp3) is 0.438. The summed E-state index contributed by atoms with van der Waals surface area (Å²) in [5.74, 6) is 1.34. The van der Waals surface area contributed by atoms with Gasteiger partial charge in [-0.05, 0) is 49.1 Å². The number of amides is 1. The van der Waals surface area contributed by atoms with Crippen LogP contribution in [-0.2, 0) is 4.79 Å². The molecule has 0 atom stereocenters. The molecule has 1 heterocycles.